The number of nitrogens with zero attached hydrogens (tertiary/aromatic N) is 1. The Kier molecular flexibility index (Phi) is 6.37. The molecule has 1 atom stereocenters. The highest BCUT2D eigenvalue weighted by atomic mass is 32.1. The van der Waals surface area contributed by atoms with Crippen LogP contribution in [-0.2, 0) is 10.8 Å². The van der Waals surface area contributed by atoms with E-state index >= 15 is 0 Å². The molecular weight excluding hydrogens is 743 g/mol. The first-order chi connectivity index (χ1) is 29.8. The quantitative estimate of drug-likeness (QED) is 0.173. The maximum absolute atomic E-state index is 2.52. The Bertz CT molecular complexity index is 3400. The summed E-state index contributed by atoms with van der Waals surface area (Å²) >= 11 is 1.97. The van der Waals surface area contributed by atoms with Gasteiger partial charge in [-0.3, -0.25) is 0 Å². The summed E-state index contributed by atoms with van der Waals surface area (Å²) in [5.41, 5.74) is 22.7. The van der Waals surface area contributed by atoms with Gasteiger partial charge >= 0.3 is 0 Å². The molecule has 14 rings (SSSR count). The second-order valence-corrected chi connectivity index (χ2v) is 17.7. The van der Waals surface area contributed by atoms with Crippen molar-refractivity contribution in [1.82, 2.24) is 0 Å². The third-order valence-corrected chi connectivity index (χ3v) is 15.4. The Morgan fingerprint density at radius 3 is 1.25 bits per heavy atom. The molecule has 0 amide bonds. The smallest absolute Gasteiger partial charge is 0.0820 e. The Hall–Kier alpha value is -7.26. The number of para-hydroxylation sites is 1. The van der Waals surface area contributed by atoms with E-state index in [1.54, 1.807) is 0 Å². The number of benzene rings is 9. The van der Waals surface area contributed by atoms with E-state index in [9.17, 15) is 0 Å². The molecule has 1 unspecified atom stereocenters. The van der Waals surface area contributed by atoms with Gasteiger partial charge in [0.05, 0.1) is 10.8 Å². The fourth-order valence-corrected chi connectivity index (χ4v) is 13.4. The van der Waals surface area contributed by atoms with Crippen LogP contribution < -0.4 is 4.90 Å². The van der Waals surface area contributed by atoms with Crippen molar-refractivity contribution in [2.45, 2.75) is 10.8 Å². The summed E-state index contributed by atoms with van der Waals surface area (Å²) in [5, 5.41) is 1.35. The van der Waals surface area contributed by atoms with Gasteiger partial charge < -0.3 is 4.90 Å². The zero-order valence-electron chi connectivity index (χ0n) is 32.6. The average Bonchev–Trinajstić information content (AvgIpc) is 4.08. The molecule has 0 radical (unpaired) electrons. The molecule has 1 aromatic heterocycles. The molecule has 1 heterocycles. The molecule has 0 fully saturated rings. The van der Waals surface area contributed by atoms with Crippen molar-refractivity contribution < 1.29 is 0 Å². The fourth-order valence-electron chi connectivity index (χ4n) is 11.9. The van der Waals surface area contributed by atoms with E-state index in [0.717, 1.165) is 17.1 Å². The number of hydrogen-bond acceptors (Lipinski definition) is 2. The van der Waals surface area contributed by atoms with Crippen LogP contribution in [0.5, 0.6) is 0 Å². The van der Waals surface area contributed by atoms with E-state index in [4.69, 9.17) is 0 Å². The van der Waals surface area contributed by atoms with Gasteiger partial charge in [0.1, 0.15) is 0 Å². The van der Waals surface area contributed by atoms with Crippen LogP contribution in [0.25, 0.3) is 54.6 Å². The van der Waals surface area contributed by atoms with Gasteiger partial charge in [-0.15, -0.1) is 11.3 Å². The number of hydrogen-bond donors (Lipinski definition) is 0. The Morgan fingerprint density at radius 1 is 0.300 bits per heavy atom. The molecule has 0 bridgehead atoms. The molecule has 0 aliphatic heterocycles. The minimum absolute atomic E-state index is 0.424. The third kappa shape index (κ3) is 3.84. The predicted molar refractivity (Wildman–Crippen MR) is 249 cm³/mol. The lowest BCUT2D eigenvalue weighted by molar-refractivity contribution is 0.793. The van der Waals surface area contributed by atoms with Gasteiger partial charge in [-0.1, -0.05) is 170 Å². The minimum Gasteiger partial charge on any atom is -0.310 e. The number of fused-ring (bicyclic) bond motifs is 22. The van der Waals surface area contributed by atoms with Gasteiger partial charge in [0.15, 0.2) is 0 Å². The molecule has 0 saturated heterocycles. The molecule has 60 heavy (non-hydrogen) atoms. The molecule has 278 valence electrons. The Labute approximate surface area is 353 Å². The first kappa shape index (κ1) is 32.7. The van der Waals surface area contributed by atoms with E-state index in [-0.39, 0.29) is 0 Å². The van der Waals surface area contributed by atoms with Crippen molar-refractivity contribution in [3.63, 3.8) is 0 Å². The first-order valence-corrected chi connectivity index (χ1v) is 21.7. The van der Waals surface area contributed by atoms with Crippen LogP contribution in [0.2, 0.25) is 0 Å². The van der Waals surface area contributed by atoms with Gasteiger partial charge in [0.2, 0.25) is 0 Å². The van der Waals surface area contributed by atoms with Crippen LogP contribution in [-0.4, -0.2) is 0 Å². The van der Waals surface area contributed by atoms with E-state index in [0.29, 0.717) is 0 Å². The summed E-state index contributed by atoms with van der Waals surface area (Å²) in [4.78, 5) is 3.92. The highest BCUT2D eigenvalue weighted by molar-refractivity contribution is 7.20. The van der Waals surface area contributed by atoms with Crippen molar-refractivity contribution in [2.24, 2.45) is 0 Å². The Morgan fingerprint density at radius 2 is 0.700 bits per heavy atom. The fraction of sp³-hybridized carbons (Fsp3) is 0.0345. The summed E-state index contributed by atoms with van der Waals surface area (Å²) < 4.78 is 1.34. The number of thiophene rings is 1. The van der Waals surface area contributed by atoms with Gasteiger partial charge in [-0.05, 0) is 120 Å². The molecule has 2 spiro atoms. The SMILES string of the molecule is c1ccc(N(c2ccc3c(c2)C2(c4ccccc4-c4ccccc42)c2ccccc2-3)c2ccc3c(c2)C2(c4ccccc4-3)c3ccccc3-c3c2sc2ccccc32)cc1. The average molecular weight is 778 g/mol. The van der Waals surface area contributed by atoms with E-state index in [1.165, 1.54) is 98.4 Å². The lowest BCUT2D eigenvalue weighted by Gasteiger charge is -2.33. The molecular formula is C58H35NS. The second kappa shape index (κ2) is 11.7. The van der Waals surface area contributed by atoms with Gasteiger partial charge in [-0.2, -0.15) is 0 Å². The van der Waals surface area contributed by atoms with Crippen LogP contribution in [0, 0.1) is 0 Å². The Balaban J connectivity index is 1.04. The monoisotopic (exact) mass is 777 g/mol. The highest BCUT2D eigenvalue weighted by Crippen LogP contribution is 2.67. The van der Waals surface area contributed by atoms with Crippen LogP contribution in [0.4, 0.5) is 17.1 Å². The zero-order chi connectivity index (χ0) is 39.2. The molecule has 4 aliphatic carbocycles. The van der Waals surface area contributed by atoms with Crippen molar-refractivity contribution in [3.05, 3.63) is 256 Å². The van der Waals surface area contributed by atoms with E-state index in [1.807, 2.05) is 11.3 Å². The molecule has 0 N–H and O–H groups in total. The van der Waals surface area contributed by atoms with Gasteiger partial charge in [0.25, 0.3) is 0 Å². The molecule has 4 aliphatic rings. The van der Waals surface area contributed by atoms with Crippen LogP contribution in [0.3, 0.4) is 0 Å². The second-order valence-electron chi connectivity index (χ2n) is 16.7. The van der Waals surface area contributed by atoms with E-state index < -0.39 is 10.8 Å². The van der Waals surface area contributed by atoms with Crippen molar-refractivity contribution in [2.75, 3.05) is 4.90 Å². The third-order valence-electron chi connectivity index (χ3n) is 14.1. The maximum atomic E-state index is 2.52. The predicted octanol–water partition coefficient (Wildman–Crippen LogP) is 15.1. The van der Waals surface area contributed by atoms with Crippen LogP contribution >= 0.6 is 11.3 Å². The summed E-state index contributed by atoms with van der Waals surface area (Å²) in [6.45, 7) is 0. The summed E-state index contributed by atoms with van der Waals surface area (Å²) in [6, 6.07) is 80.1. The van der Waals surface area contributed by atoms with E-state index in [2.05, 4.69) is 217 Å². The van der Waals surface area contributed by atoms with Crippen molar-refractivity contribution in [1.29, 1.82) is 0 Å². The molecule has 1 nitrogen and oxygen atoms in total. The molecule has 2 heteroatoms. The van der Waals surface area contributed by atoms with Gasteiger partial charge in [-0.25, -0.2) is 0 Å². The summed E-state index contributed by atoms with van der Waals surface area (Å²) in [6.07, 6.45) is 0. The van der Waals surface area contributed by atoms with Gasteiger partial charge in [0, 0.05) is 37.6 Å². The first-order valence-electron chi connectivity index (χ1n) is 20.9. The number of rotatable bonds is 3. The number of anilines is 3. The molecule has 9 aromatic carbocycles. The summed E-state index contributed by atoms with van der Waals surface area (Å²) in [5.74, 6) is 0. The van der Waals surface area contributed by atoms with Crippen LogP contribution in [0.15, 0.2) is 212 Å². The molecule has 0 saturated carbocycles. The highest BCUT2D eigenvalue weighted by Gasteiger charge is 2.54. The lowest BCUT2D eigenvalue weighted by atomic mass is 9.70. The lowest BCUT2D eigenvalue weighted by Crippen LogP contribution is -2.26. The standard InChI is InChI=1S/C58H35NS/c1-2-16-36(17-3-1)59(37-30-32-43-41-20-6-12-26-49(41)57(52(43)34-37)47-24-10-4-18-39(47)40-19-5-11-25-48(40)57)38-31-33-44-42-21-7-13-27-50(42)58(53(44)35-38)51-28-14-8-22-45(51)55-46-23-9-15-29-54(46)60-56(55)58/h1-35H. The topological polar surface area (TPSA) is 3.24 Å². The molecule has 10 aromatic rings. The minimum atomic E-state index is -0.430. The largest absolute Gasteiger partial charge is 0.310 e. The van der Waals surface area contributed by atoms with Crippen LogP contribution in [0.1, 0.15) is 43.8 Å². The summed E-state index contributed by atoms with van der Waals surface area (Å²) in [7, 11) is 0. The van der Waals surface area contributed by atoms with Crippen molar-refractivity contribution in [3.8, 4) is 44.5 Å². The maximum Gasteiger partial charge on any atom is 0.0820 e. The van der Waals surface area contributed by atoms with Crippen molar-refractivity contribution >= 4 is 38.5 Å². The normalized spacial score (nSPS) is 16.2. The zero-order valence-corrected chi connectivity index (χ0v) is 33.4.